The molecule has 0 aliphatic carbocycles. The number of carbonyl (C=O) groups excluding carboxylic acids is 1. The van der Waals surface area contributed by atoms with E-state index in [2.05, 4.69) is 64.0 Å². The number of rotatable bonds is 10. The zero-order valence-electron chi connectivity index (χ0n) is 17.6. The Morgan fingerprint density at radius 3 is 2.43 bits per heavy atom. The Labute approximate surface area is 167 Å². The van der Waals surface area contributed by atoms with Gasteiger partial charge in [0.1, 0.15) is 0 Å². The maximum atomic E-state index is 12.0. The van der Waals surface area contributed by atoms with Crippen molar-refractivity contribution >= 4 is 5.91 Å². The molecule has 154 valence electrons. The second-order valence-electron chi connectivity index (χ2n) is 8.10. The number of benzene rings is 1. The third-order valence-corrected chi connectivity index (χ3v) is 4.75. The molecule has 0 unspecified atom stereocenters. The fourth-order valence-corrected chi connectivity index (χ4v) is 3.32. The number of hydroxylamine groups is 1. The normalized spacial score (nSPS) is 13.7. The number of aromatic nitrogens is 2. The molecule has 2 atom stereocenters. The molecular formula is C22H33N3O3. The van der Waals surface area contributed by atoms with Crippen LogP contribution in [0.5, 0.6) is 0 Å². The molecule has 0 spiro atoms. The van der Waals surface area contributed by atoms with Crippen molar-refractivity contribution in [2.45, 2.75) is 65.5 Å². The molecule has 0 aliphatic heterocycles. The zero-order chi connectivity index (χ0) is 20.7. The monoisotopic (exact) mass is 387 g/mol. The van der Waals surface area contributed by atoms with E-state index in [1.807, 2.05) is 10.7 Å². The summed E-state index contributed by atoms with van der Waals surface area (Å²) < 4.78 is 8.17. The van der Waals surface area contributed by atoms with Gasteiger partial charge in [0.15, 0.2) is 0 Å². The van der Waals surface area contributed by atoms with Crippen molar-refractivity contribution < 1.29 is 14.7 Å². The van der Waals surface area contributed by atoms with Crippen LogP contribution in [0.25, 0.3) is 0 Å². The molecule has 6 nitrogen and oxygen atoms in total. The molecule has 2 aromatic rings. The summed E-state index contributed by atoms with van der Waals surface area (Å²) in [5, 5.41) is 13.5. The molecule has 0 bridgehead atoms. The van der Waals surface area contributed by atoms with Crippen LogP contribution in [0.15, 0.2) is 36.5 Å². The average Bonchev–Trinajstić information content (AvgIpc) is 3.14. The second kappa shape index (κ2) is 10.4. The Morgan fingerprint density at radius 2 is 1.86 bits per heavy atom. The summed E-state index contributed by atoms with van der Waals surface area (Å²) in [7, 11) is 0. The van der Waals surface area contributed by atoms with Gasteiger partial charge in [0.25, 0.3) is 0 Å². The van der Waals surface area contributed by atoms with E-state index in [1.165, 1.54) is 11.1 Å². The molecule has 2 rings (SSSR count). The minimum absolute atomic E-state index is 0.0661. The van der Waals surface area contributed by atoms with Crippen molar-refractivity contribution in [3.05, 3.63) is 53.3 Å². The Bertz CT molecular complexity index is 738. The number of hydrogen-bond acceptors (Lipinski definition) is 4. The van der Waals surface area contributed by atoms with Crippen molar-refractivity contribution in [2.75, 3.05) is 6.61 Å². The largest absolute Gasteiger partial charge is 0.377 e. The minimum Gasteiger partial charge on any atom is -0.377 e. The number of amides is 1. The molecule has 6 heteroatoms. The van der Waals surface area contributed by atoms with Crippen LogP contribution >= 0.6 is 0 Å². The Kier molecular flexibility index (Phi) is 8.20. The van der Waals surface area contributed by atoms with Crippen molar-refractivity contribution in [2.24, 2.45) is 5.92 Å². The van der Waals surface area contributed by atoms with Gasteiger partial charge in [-0.15, -0.1) is 0 Å². The van der Waals surface area contributed by atoms with E-state index in [0.29, 0.717) is 12.5 Å². The van der Waals surface area contributed by atoms with Gasteiger partial charge in [0, 0.05) is 30.5 Å². The predicted octanol–water partition coefficient (Wildman–Crippen LogP) is 4.04. The van der Waals surface area contributed by atoms with Crippen molar-refractivity contribution in [1.29, 1.82) is 0 Å². The molecule has 1 amide bonds. The van der Waals surface area contributed by atoms with Crippen LogP contribution in [0.2, 0.25) is 0 Å². The highest BCUT2D eigenvalue weighted by Gasteiger charge is 2.30. The molecule has 1 aromatic carbocycles. The summed E-state index contributed by atoms with van der Waals surface area (Å²) in [4.78, 5) is 12.0. The lowest BCUT2D eigenvalue weighted by Crippen LogP contribution is -2.33. The first-order valence-corrected chi connectivity index (χ1v) is 9.95. The summed E-state index contributed by atoms with van der Waals surface area (Å²) in [5.41, 5.74) is 5.17. The molecule has 0 saturated heterocycles. The summed E-state index contributed by atoms with van der Waals surface area (Å²) in [6.07, 6.45) is 2.23. The number of nitrogens with zero attached hydrogens (tertiary/aromatic N) is 2. The highest BCUT2D eigenvalue weighted by atomic mass is 16.5. The van der Waals surface area contributed by atoms with E-state index in [-0.39, 0.29) is 24.5 Å². The van der Waals surface area contributed by atoms with Crippen LogP contribution in [0, 0.1) is 12.8 Å². The Balaban J connectivity index is 2.40. The van der Waals surface area contributed by atoms with Gasteiger partial charge in [-0.25, -0.2) is 5.48 Å². The maximum Gasteiger partial charge on any atom is 0.245 e. The predicted molar refractivity (Wildman–Crippen MR) is 109 cm³/mol. The van der Waals surface area contributed by atoms with Crippen molar-refractivity contribution in [3.63, 3.8) is 0 Å². The van der Waals surface area contributed by atoms with Gasteiger partial charge in [-0.05, 0) is 44.7 Å². The summed E-state index contributed by atoms with van der Waals surface area (Å²) in [6.45, 7) is 10.9. The molecule has 0 radical (unpaired) electrons. The van der Waals surface area contributed by atoms with Crippen LogP contribution in [0.3, 0.4) is 0 Å². The van der Waals surface area contributed by atoms with E-state index in [9.17, 15) is 4.79 Å². The molecule has 0 aliphatic rings. The third kappa shape index (κ3) is 6.17. The topological polar surface area (TPSA) is 76.4 Å². The van der Waals surface area contributed by atoms with E-state index >= 15 is 0 Å². The summed E-state index contributed by atoms with van der Waals surface area (Å²) in [5.74, 6) is -0.170. The Hall–Kier alpha value is -2.18. The number of aryl methyl sites for hydroxylation is 1. The van der Waals surface area contributed by atoms with E-state index in [1.54, 1.807) is 11.7 Å². The van der Waals surface area contributed by atoms with E-state index in [4.69, 9.17) is 9.94 Å². The lowest BCUT2D eigenvalue weighted by atomic mass is 9.88. The van der Waals surface area contributed by atoms with E-state index in [0.717, 1.165) is 12.1 Å². The van der Waals surface area contributed by atoms with Gasteiger partial charge in [-0.3, -0.25) is 14.7 Å². The maximum absolute atomic E-state index is 12.0. The molecule has 2 N–H and O–H groups in total. The highest BCUT2D eigenvalue weighted by Crippen LogP contribution is 2.30. The fraction of sp³-hybridized carbons (Fsp3) is 0.545. The van der Waals surface area contributed by atoms with Gasteiger partial charge >= 0.3 is 0 Å². The van der Waals surface area contributed by atoms with Crippen LogP contribution in [-0.2, 0) is 16.0 Å². The molecular weight excluding hydrogens is 354 g/mol. The molecule has 0 saturated carbocycles. The van der Waals surface area contributed by atoms with Crippen molar-refractivity contribution in [3.8, 4) is 0 Å². The first kappa shape index (κ1) is 22.1. The minimum atomic E-state index is -0.446. The molecule has 28 heavy (non-hydrogen) atoms. The van der Waals surface area contributed by atoms with Gasteiger partial charge in [0.05, 0.1) is 12.5 Å². The first-order chi connectivity index (χ1) is 13.3. The fourth-order valence-electron chi connectivity index (χ4n) is 3.32. The number of ether oxygens (including phenoxy) is 1. The van der Waals surface area contributed by atoms with Gasteiger partial charge in [-0.1, -0.05) is 43.7 Å². The van der Waals surface area contributed by atoms with Crippen LogP contribution in [0.1, 0.15) is 62.9 Å². The lowest BCUT2D eigenvalue weighted by molar-refractivity contribution is -0.133. The van der Waals surface area contributed by atoms with Gasteiger partial charge in [0.2, 0.25) is 5.91 Å². The number of nitrogens with one attached hydrogen (secondary N) is 1. The highest BCUT2D eigenvalue weighted by molar-refractivity contribution is 5.75. The smallest absolute Gasteiger partial charge is 0.245 e. The summed E-state index contributed by atoms with van der Waals surface area (Å²) >= 11 is 0. The van der Waals surface area contributed by atoms with Gasteiger partial charge < -0.3 is 4.74 Å². The first-order valence-electron chi connectivity index (χ1n) is 9.95. The number of carbonyl (C=O) groups is 1. The molecule has 1 heterocycles. The average molecular weight is 388 g/mol. The van der Waals surface area contributed by atoms with Crippen molar-refractivity contribution in [1.82, 2.24) is 15.3 Å². The zero-order valence-corrected chi connectivity index (χ0v) is 17.6. The van der Waals surface area contributed by atoms with Gasteiger partial charge in [-0.2, -0.15) is 5.10 Å². The SMILES string of the molecule is Cc1ccc(C[C@H](c2ccnn2C(C)C)[C@@H](CC(=O)NO)OCC(C)C)cc1. The van der Waals surface area contributed by atoms with Crippen LogP contribution < -0.4 is 5.48 Å². The Morgan fingerprint density at radius 1 is 1.18 bits per heavy atom. The van der Waals surface area contributed by atoms with Crippen LogP contribution in [0.4, 0.5) is 0 Å². The van der Waals surface area contributed by atoms with Crippen LogP contribution in [-0.4, -0.2) is 33.6 Å². The standard InChI is InChI=1S/C22H33N3O3/c1-15(2)14-28-21(13-22(26)24-27)19(12-18-8-6-17(5)7-9-18)20-10-11-23-25(20)16(3)4/h6-11,15-16,19,21,27H,12-14H2,1-5H3,(H,24,26)/t19-,21-/m1/s1. The third-order valence-electron chi connectivity index (χ3n) is 4.75. The molecule has 0 fully saturated rings. The molecule has 1 aromatic heterocycles. The quantitative estimate of drug-likeness (QED) is 0.477. The second-order valence-corrected chi connectivity index (χ2v) is 8.10. The lowest BCUT2D eigenvalue weighted by Gasteiger charge is -2.29. The van der Waals surface area contributed by atoms with E-state index < -0.39 is 5.91 Å². The number of hydrogen-bond donors (Lipinski definition) is 2. The summed E-state index contributed by atoms with van der Waals surface area (Å²) in [6, 6.07) is 10.6.